The lowest BCUT2D eigenvalue weighted by atomic mass is 9.35. The molecule has 354 valence electrons. The molecule has 4 heterocycles. The number of hydrogen-bond acceptors (Lipinski definition) is 4. The van der Waals surface area contributed by atoms with Crippen LogP contribution in [0.15, 0.2) is 182 Å². The summed E-state index contributed by atoms with van der Waals surface area (Å²) in [4.78, 5) is 13.2. The molecule has 7 aromatic carbocycles. The highest BCUT2D eigenvalue weighted by Gasteiger charge is 2.47. The fourth-order valence-electron chi connectivity index (χ4n) is 10.7. The number of rotatable bonds is 6. The summed E-state index contributed by atoms with van der Waals surface area (Å²) in [5, 5.41) is 0. The molecule has 71 heavy (non-hydrogen) atoms. The summed E-state index contributed by atoms with van der Waals surface area (Å²) >= 11 is 0. The molecule has 0 fully saturated rings. The Hall–Kier alpha value is -7.31. The standard InChI is InChI=1S/C65H66BN5/c1-62(2,3)44-28-32-50(33-29-44)69(54-36-30-45(63(4,5)6)38-52(54)43-22-16-13-17-23-43)51-34-35-53-55(41-51)70(48-24-18-14-19-25-48)56-39-47(65(10,11)12)40-57-59(56)66(53)60-61(71(57)49-26-20-15-21-27-49)68-42-46(64(7,8)9)31-37-58(68)67-60/h13-42H,1-12H3. The maximum Gasteiger partial charge on any atom is 0.277 e. The third-order valence-electron chi connectivity index (χ3n) is 14.8. The van der Waals surface area contributed by atoms with Crippen LogP contribution >= 0.6 is 0 Å². The van der Waals surface area contributed by atoms with E-state index in [0.717, 1.165) is 51.2 Å². The van der Waals surface area contributed by atoms with Gasteiger partial charge in [0.15, 0.2) is 0 Å². The molecule has 11 rings (SSSR count). The molecule has 2 aromatic heterocycles. The zero-order valence-corrected chi connectivity index (χ0v) is 43.6. The Morgan fingerprint density at radius 1 is 0.437 bits per heavy atom. The molecule has 0 radical (unpaired) electrons. The van der Waals surface area contributed by atoms with Crippen molar-refractivity contribution in [1.29, 1.82) is 0 Å². The quantitative estimate of drug-likeness (QED) is 0.155. The first-order valence-electron chi connectivity index (χ1n) is 25.4. The molecule has 0 spiro atoms. The topological polar surface area (TPSA) is 27.0 Å². The largest absolute Gasteiger partial charge is 0.311 e. The number of pyridine rings is 1. The average molecular weight is 928 g/mol. The fraction of sp³-hybridized carbons (Fsp3) is 0.246. The predicted molar refractivity (Wildman–Crippen MR) is 304 cm³/mol. The summed E-state index contributed by atoms with van der Waals surface area (Å²) in [5.74, 6) is 1.09. The van der Waals surface area contributed by atoms with Crippen LogP contribution < -0.4 is 31.2 Å². The van der Waals surface area contributed by atoms with Crippen LogP contribution in [0.5, 0.6) is 0 Å². The lowest BCUT2D eigenvalue weighted by Gasteiger charge is -2.44. The van der Waals surface area contributed by atoms with Crippen molar-refractivity contribution >= 4 is 80.2 Å². The lowest BCUT2D eigenvalue weighted by Crippen LogP contribution is -2.62. The summed E-state index contributed by atoms with van der Waals surface area (Å²) in [7, 11) is 0. The highest BCUT2D eigenvalue weighted by Crippen LogP contribution is 2.49. The summed E-state index contributed by atoms with van der Waals surface area (Å²) in [6, 6.07) is 65.8. The second kappa shape index (κ2) is 16.7. The molecule has 0 aliphatic carbocycles. The minimum atomic E-state index is -0.157. The molecule has 2 aliphatic rings. The maximum absolute atomic E-state index is 5.69. The van der Waals surface area contributed by atoms with Crippen molar-refractivity contribution < 1.29 is 0 Å². The molecule has 9 aromatic rings. The summed E-state index contributed by atoms with van der Waals surface area (Å²) in [5.41, 5.74) is 20.8. The molecule has 0 saturated heterocycles. The highest BCUT2D eigenvalue weighted by atomic mass is 15.3. The van der Waals surface area contributed by atoms with E-state index in [1.807, 2.05) is 0 Å². The number of hydrogen-bond donors (Lipinski definition) is 0. The second-order valence-corrected chi connectivity index (χ2v) is 23.9. The van der Waals surface area contributed by atoms with Crippen molar-refractivity contribution in [1.82, 2.24) is 9.38 Å². The first-order valence-corrected chi connectivity index (χ1v) is 25.4. The Balaban J connectivity index is 1.23. The second-order valence-electron chi connectivity index (χ2n) is 23.9. The molecule has 0 saturated carbocycles. The summed E-state index contributed by atoms with van der Waals surface area (Å²) < 4.78 is 2.36. The van der Waals surface area contributed by atoms with Crippen LogP contribution in [0.25, 0.3) is 16.8 Å². The molecular formula is C65H66BN5. The van der Waals surface area contributed by atoms with E-state index in [1.54, 1.807) is 0 Å². The SMILES string of the molecule is CC(C)(C)c1ccc(N(c2ccc3c(c2)N(c2ccccc2)c2cc(C(C)(C)C)cc4c2B3c2nc3ccc(C(C)(C)C)cn3c2N4c2ccccc2)c2ccc(C(C)(C)C)cc2-c2ccccc2)cc1. The summed E-state index contributed by atoms with van der Waals surface area (Å²) in [6.45, 7) is 27.5. The zero-order valence-electron chi connectivity index (χ0n) is 43.6. The van der Waals surface area contributed by atoms with Gasteiger partial charge in [0, 0.05) is 51.6 Å². The molecule has 0 bridgehead atoms. The van der Waals surface area contributed by atoms with Gasteiger partial charge < -0.3 is 9.80 Å². The van der Waals surface area contributed by atoms with E-state index in [-0.39, 0.29) is 28.4 Å². The highest BCUT2D eigenvalue weighted by molar-refractivity contribution is 7.00. The molecule has 6 heteroatoms. The van der Waals surface area contributed by atoms with E-state index in [0.29, 0.717) is 0 Å². The van der Waals surface area contributed by atoms with Gasteiger partial charge in [0.05, 0.1) is 11.3 Å². The van der Waals surface area contributed by atoms with Crippen molar-refractivity contribution in [2.45, 2.75) is 105 Å². The van der Waals surface area contributed by atoms with Crippen LogP contribution in [0.3, 0.4) is 0 Å². The number of nitrogens with zero attached hydrogens (tertiary/aromatic N) is 5. The average Bonchev–Trinajstić information content (AvgIpc) is 3.72. The summed E-state index contributed by atoms with van der Waals surface area (Å²) in [6.07, 6.45) is 2.33. The van der Waals surface area contributed by atoms with Crippen LogP contribution in [0.4, 0.5) is 51.3 Å². The molecule has 0 N–H and O–H groups in total. The van der Waals surface area contributed by atoms with Gasteiger partial charge in [-0.15, -0.1) is 0 Å². The van der Waals surface area contributed by atoms with Gasteiger partial charge in [-0.3, -0.25) is 9.30 Å². The van der Waals surface area contributed by atoms with Gasteiger partial charge in [0.1, 0.15) is 11.5 Å². The van der Waals surface area contributed by atoms with E-state index in [2.05, 4.69) is 284 Å². The molecule has 5 nitrogen and oxygen atoms in total. The third-order valence-corrected chi connectivity index (χ3v) is 14.8. The fourth-order valence-corrected chi connectivity index (χ4v) is 10.7. The van der Waals surface area contributed by atoms with Crippen molar-refractivity contribution in [2.24, 2.45) is 0 Å². The van der Waals surface area contributed by atoms with Gasteiger partial charge in [-0.1, -0.05) is 180 Å². The van der Waals surface area contributed by atoms with Crippen LogP contribution in [0.1, 0.15) is 105 Å². The zero-order chi connectivity index (χ0) is 49.8. The molecular weight excluding hydrogens is 862 g/mol. The Kier molecular flexibility index (Phi) is 10.8. The maximum atomic E-state index is 5.69. The number of aromatic nitrogens is 2. The molecule has 2 aliphatic heterocycles. The number of fused-ring (bicyclic) bond motifs is 6. The van der Waals surface area contributed by atoms with Crippen LogP contribution in [-0.2, 0) is 21.7 Å². The van der Waals surface area contributed by atoms with Crippen LogP contribution in [0, 0.1) is 0 Å². The lowest BCUT2D eigenvalue weighted by molar-refractivity contribution is 0.586. The Morgan fingerprint density at radius 3 is 1.55 bits per heavy atom. The van der Waals surface area contributed by atoms with E-state index >= 15 is 0 Å². The Bertz CT molecular complexity index is 3460. The van der Waals surface area contributed by atoms with Crippen LogP contribution in [0.2, 0.25) is 0 Å². The molecule has 0 amide bonds. The molecule has 0 unspecified atom stereocenters. The van der Waals surface area contributed by atoms with Gasteiger partial charge in [0.25, 0.3) is 6.71 Å². The number of imidazole rings is 1. The van der Waals surface area contributed by atoms with Crippen molar-refractivity contribution in [3.05, 3.63) is 204 Å². The van der Waals surface area contributed by atoms with Crippen molar-refractivity contribution in [3.63, 3.8) is 0 Å². The third kappa shape index (κ3) is 8.02. The smallest absolute Gasteiger partial charge is 0.277 e. The molecule has 0 atom stereocenters. The Morgan fingerprint density at radius 2 is 0.958 bits per heavy atom. The van der Waals surface area contributed by atoms with E-state index < -0.39 is 0 Å². The number of anilines is 9. The van der Waals surface area contributed by atoms with E-state index in [9.17, 15) is 0 Å². The minimum Gasteiger partial charge on any atom is -0.311 e. The van der Waals surface area contributed by atoms with Gasteiger partial charge in [-0.05, 0) is 139 Å². The predicted octanol–water partition coefficient (Wildman–Crippen LogP) is 15.7. The van der Waals surface area contributed by atoms with E-state index in [1.165, 1.54) is 55.7 Å². The van der Waals surface area contributed by atoms with Crippen LogP contribution in [-0.4, -0.2) is 16.1 Å². The number of para-hydroxylation sites is 2. The van der Waals surface area contributed by atoms with Gasteiger partial charge in [0.2, 0.25) is 0 Å². The van der Waals surface area contributed by atoms with Crippen molar-refractivity contribution in [3.8, 4) is 11.1 Å². The monoisotopic (exact) mass is 928 g/mol. The minimum absolute atomic E-state index is 0.00818. The van der Waals surface area contributed by atoms with E-state index in [4.69, 9.17) is 4.98 Å². The van der Waals surface area contributed by atoms with Gasteiger partial charge >= 0.3 is 0 Å². The first-order chi connectivity index (χ1) is 33.8. The first kappa shape index (κ1) is 46.1. The number of benzene rings is 7. The van der Waals surface area contributed by atoms with Gasteiger partial charge in [-0.2, -0.15) is 0 Å². The van der Waals surface area contributed by atoms with Gasteiger partial charge in [-0.25, -0.2) is 4.98 Å². The normalized spacial score (nSPS) is 13.5. The Labute approximate surface area is 422 Å². The van der Waals surface area contributed by atoms with Crippen molar-refractivity contribution in [2.75, 3.05) is 14.7 Å².